The van der Waals surface area contributed by atoms with Crippen LogP contribution in [0.3, 0.4) is 0 Å². The summed E-state index contributed by atoms with van der Waals surface area (Å²) in [5.41, 5.74) is 6.31. The number of thioether (sulfide) groups is 1. The minimum absolute atomic E-state index is 0.194. The second-order valence-electron chi connectivity index (χ2n) is 7.43. The van der Waals surface area contributed by atoms with Crippen molar-refractivity contribution < 1.29 is 19.1 Å². The molecule has 0 saturated carbocycles. The molecule has 1 aliphatic heterocycles. The lowest BCUT2D eigenvalue weighted by atomic mass is 10.1. The van der Waals surface area contributed by atoms with Crippen LogP contribution in [-0.2, 0) is 14.3 Å². The summed E-state index contributed by atoms with van der Waals surface area (Å²) >= 11 is 0.847. The van der Waals surface area contributed by atoms with Crippen molar-refractivity contribution in [3.05, 3.63) is 57.2 Å². The van der Waals surface area contributed by atoms with E-state index in [2.05, 4.69) is 36.6 Å². The zero-order chi connectivity index (χ0) is 22.2. The van der Waals surface area contributed by atoms with Crippen LogP contribution < -0.4 is 0 Å². The number of amides is 2. The highest BCUT2D eigenvalue weighted by atomic mass is 32.2. The highest BCUT2D eigenvalue weighted by Gasteiger charge is 2.41. The quantitative estimate of drug-likeness (QED) is 0.512. The van der Waals surface area contributed by atoms with Crippen molar-refractivity contribution in [3.8, 4) is 5.69 Å². The predicted molar refractivity (Wildman–Crippen MR) is 119 cm³/mol. The highest BCUT2D eigenvalue weighted by molar-refractivity contribution is 8.18. The van der Waals surface area contributed by atoms with Crippen molar-refractivity contribution in [1.82, 2.24) is 9.47 Å². The van der Waals surface area contributed by atoms with Gasteiger partial charge in [0.25, 0.3) is 11.1 Å². The van der Waals surface area contributed by atoms with E-state index in [0.717, 1.165) is 44.9 Å². The molecular formula is C23H26N2O4S. The molecule has 0 N–H and O–H groups in total. The van der Waals surface area contributed by atoms with Crippen molar-refractivity contribution in [2.75, 3.05) is 6.61 Å². The lowest BCUT2D eigenvalue weighted by Crippen LogP contribution is -2.42. The Kier molecular flexibility index (Phi) is 6.22. The third-order valence-electron chi connectivity index (χ3n) is 5.19. The Bertz CT molecular complexity index is 1070. The maximum atomic E-state index is 12.8. The molecule has 2 aromatic rings. The molecular weight excluding hydrogens is 400 g/mol. The number of carbonyl (C=O) groups excluding carboxylic acids is 3. The number of benzene rings is 1. The second-order valence-corrected chi connectivity index (χ2v) is 8.42. The summed E-state index contributed by atoms with van der Waals surface area (Å²) in [5, 5.41) is -0.463. The smallest absolute Gasteiger partial charge is 0.329 e. The lowest BCUT2D eigenvalue weighted by Gasteiger charge is -2.19. The van der Waals surface area contributed by atoms with Gasteiger partial charge in [-0.15, -0.1) is 0 Å². The number of esters is 1. The fourth-order valence-corrected chi connectivity index (χ4v) is 4.58. The van der Waals surface area contributed by atoms with Crippen molar-refractivity contribution in [3.63, 3.8) is 0 Å². The molecule has 158 valence electrons. The summed E-state index contributed by atoms with van der Waals surface area (Å²) in [7, 11) is 0. The Morgan fingerprint density at radius 3 is 2.50 bits per heavy atom. The molecule has 0 bridgehead atoms. The molecule has 1 fully saturated rings. The third-order valence-corrected chi connectivity index (χ3v) is 6.07. The van der Waals surface area contributed by atoms with Gasteiger partial charge in [-0.25, -0.2) is 4.79 Å². The lowest BCUT2D eigenvalue weighted by molar-refractivity contribution is -0.150. The maximum Gasteiger partial charge on any atom is 0.329 e. The minimum atomic E-state index is -0.953. The molecule has 1 aromatic carbocycles. The number of ether oxygens (including phenoxy) is 1. The van der Waals surface area contributed by atoms with E-state index >= 15 is 0 Å². The van der Waals surface area contributed by atoms with E-state index in [1.807, 2.05) is 19.9 Å². The van der Waals surface area contributed by atoms with Gasteiger partial charge in [-0.2, -0.15) is 0 Å². The highest BCUT2D eigenvalue weighted by Crippen LogP contribution is 2.35. The van der Waals surface area contributed by atoms with Gasteiger partial charge in [-0.05, 0) is 82.6 Å². The molecule has 0 spiro atoms. The number of aromatic nitrogens is 1. The fourth-order valence-electron chi connectivity index (χ4n) is 3.68. The number of hydrogen-bond acceptors (Lipinski definition) is 5. The van der Waals surface area contributed by atoms with Crippen molar-refractivity contribution >= 4 is 35.0 Å². The van der Waals surface area contributed by atoms with Gasteiger partial charge < -0.3 is 9.30 Å². The fraction of sp³-hybridized carbons (Fsp3) is 0.348. The molecule has 7 heteroatoms. The van der Waals surface area contributed by atoms with E-state index in [9.17, 15) is 14.4 Å². The van der Waals surface area contributed by atoms with Crippen LogP contribution in [0.15, 0.2) is 29.2 Å². The van der Waals surface area contributed by atoms with Gasteiger partial charge in [0, 0.05) is 17.1 Å². The van der Waals surface area contributed by atoms with E-state index in [-0.39, 0.29) is 6.61 Å². The molecule has 1 aliphatic rings. The first-order chi connectivity index (χ1) is 14.1. The van der Waals surface area contributed by atoms with Gasteiger partial charge in [-0.1, -0.05) is 17.7 Å². The predicted octanol–water partition coefficient (Wildman–Crippen LogP) is 4.70. The normalized spacial score (nSPS) is 16.5. The number of aryl methyl sites for hydroxylation is 3. The second kappa shape index (κ2) is 8.52. The molecule has 2 amide bonds. The van der Waals surface area contributed by atoms with E-state index in [1.165, 1.54) is 12.5 Å². The first-order valence-corrected chi connectivity index (χ1v) is 10.7. The molecule has 1 atom stereocenters. The van der Waals surface area contributed by atoms with Crippen molar-refractivity contribution in [2.24, 2.45) is 0 Å². The summed E-state index contributed by atoms with van der Waals surface area (Å²) < 4.78 is 7.10. The molecule has 0 aliphatic carbocycles. The number of hydrogen-bond donors (Lipinski definition) is 0. The summed E-state index contributed by atoms with van der Waals surface area (Å²) in [6.45, 7) is 11.5. The number of nitrogens with zero attached hydrogens (tertiary/aromatic N) is 2. The van der Waals surface area contributed by atoms with Crippen LogP contribution in [0.2, 0.25) is 0 Å². The largest absolute Gasteiger partial charge is 0.464 e. The molecule has 2 heterocycles. The Labute approximate surface area is 180 Å². The minimum Gasteiger partial charge on any atom is -0.464 e. The van der Waals surface area contributed by atoms with Gasteiger partial charge in [-0.3, -0.25) is 14.5 Å². The van der Waals surface area contributed by atoms with Gasteiger partial charge >= 0.3 is 5.97 Å². The first kappa shape index (κ1) is 21.9. The molecule has 0 unspecified atom stereocenters. The van der Waals surface area contributed by atoms with Gasteiger partial charge in [0.2, 0.25) is 0 Å². The molecule has 3 rings (SSSR count). The molecule has 1 saturated heterocycles. The third kappa shape index (κ3) is 3.94. The Balaban J connectivity index is 1.96. The summed E-state index contributed by atoms with van der Waals surface area (Å²) in [6.07, 6.45) is 1.73. The van der Waals surface area contributed by atoms with Crippen LogP contribution in [0.4, 0.5) is 4.79 Å². The van der Waals surface area contributed by atoms with Gasteiger partial charge in [0.05, 0.1) is 11.5 Å². The SMILES string of the molecule is CCOC(=O)[C@H](C)N1C(=O)S/C(=C/c2cc(C)n(-c3ccc(C)cc3C)c2C)C1=O. The first-order valence-electron chi connectivity index (χ1n) is 9.86. The van der Waals surface area contributed by atoms with Crippen LogP contribution in [0.5, 0.6) is 0 Å². The average Bonchev–Trinajstić information content (AvgIpc) is 3.10. The zero-order valence-corrected chi connectivity index (χ0v) is 18.9. The molecule has 30 heavy (non-hydrogen) atoms. The van der Waals surface area contributed by atoms with Gasteiger partial charge in [0.1, 0.15) is 6.04 Å². The Hall–Kier alpha value is -2.80. The zero-order valence-electron chi connectivity index (χ0n) is 18.1. The van der Waals surface area contributed by atoms with E-state index in [1.54, 1.807) is 13.0 Å². The van der Waals surface area contributed by atoms with Crippen LogP contribution in [0.1, 0.15) is 41.9 Å². The van der Waals surface area contributed by atoms with E-state index < -0.39 is 23.2 Å². The Morgan fingerprint density at radius 1 is 1.17 bits per heavy atom. The molecule has 0 radical (unpaired) electrons. The van der Waals surface area contributed by atoms with E-state index in [4.69, 9.17) is 4.74 Å². The van der Waals surface area contributed by atoms with Crippen LogP contribution in [0.25, 0.3) is 11.8 Å². The molecule has 1 aromatic heterocycles. The van der Waals surface area contributed by atoms with Gasteiger partial charge in [0.15, 0.2) is 0 Å². The van der Waals surface area contributed by atoms with Crippen molar-refractivity contribution in [2.45, 2.75) is 47.6 Å². The van der Waals surface area contributed by atoms with E-state index in [0.29, 0.717) is 4.91 Å². The monoisotopic (exact) mass is 426 g/mol. The average molecular weight is 427 g/mol. The number of carbonyl (C=O) groups is 3. The standard InChI is InChI=1S/C23H26N2O4S/c1-7-29-22(27)17(6)25-21(26)20(30-23(25)28)12-18-11-15(4)24(16(18)5)19-9-8-13(2)10-14(19)3/h8-12,17H,7H2,1-6H3/b20-12+/t17-/m0/s1. The summed E-state index contributed by atoms with van der Waals surface area (Å²) in [5.74, 6) is -1.06. The summed E-state index contributed by atoms with van der Waals surface area (Å²) in [4.78, 5) is 38.5. The number of rotatable bonds is 5. The summed E-state index contributed by atoms with van der Waals surface area (Å²) in [6, 6.07) is 7.34. The van der Waals surface area contributed by atoms with Crippen LogP contribution >= 0.6 is 11.8 Å². The molecule has 6 nitrogen and oxygen atoms in total. The number of imide groups is 1. The van der Waals surface area contributed by atoms with Crippen LogP contribution in [0, 0.1) is 27.7 Å². The van der Waals surface area contributed by atoms with Crippen LogP contribution in [-0.4, -0.2) is 39.2 Å². The topological polar surface area (TPSA) is 68.6 Å². The van der Waals surface area contributed by atoms with Crippen molar-refractivity contribution in [1.29, 1.82) is 0 Å². The Morgan fingerprint density at radius 2 is 1.87 bits per heavy atom. The maximum absolute atomic E-state index is 12.8.